The molecule has 0 saturated carbocycles. The Morgan fingerprint density at radius 3 is 0.644 bits per heavy atom. The van der Waals surface area contributed by atoms with Crippen molar-refractivity contribution in [2.75, 3.05) is 32.7 Å². The average molecular weight is 1390 g/mol. The lowest BCUT2D eigenvalue weighted by Gasteiger charge is -2.29. The van der Waals surface area contributed by atoms with Gasteiger partial charge in [-0.05, 0) is 150 Å². The molecule has 5 aromatic carbocycles. The Balaban J connectivity index is 1.44. The topological polar surface area (TPSA) is 455 Å². The molecular weight excluding hydrogens is 1290 g/mol. The summed E-state index contributed by atoms with van der Waals surface area (Å²) in [6, 6.07) is 31.5. The zero-order valence-corrected chi connectivity index (χ0v) is 57.9. The summed E-state index contributed by atoms with van der Waals surface area (Å²) in [5, 5.41) is 35.5. The van der Waals surface area contributed by atoms with Gasteiger partial charge >= 0.3 is 5.97 Å². The third-order valence-electron chi connectivity index (χ3n) is 17.2. The van der Waals surface area contributed by atoms with Crippen LogP contribution in [0.15, 0.2) is 152 Å². The maximum Gasteiger partial charge on any atom is 0.326 e. The fraction of sp³-hybridized carbons (Fsp3) is 0.467. The Labute approximate surface area is 592 Å². The predicted molar refractivity (Wildman–Crippen MR) is 388 cm³/mol. The Morgan fingerprint density at radius 2 is 0.426 bits per heavy atom. The predicted octanol–water partition coefficient (Wildman–Crippen LogP) is 1.62. The van der Waals surface area contributed by atoms with Crippen LogP contribution in [0.1, 0.15) is 124 Å². The first kappa shape index (κ1) is 82.2. The highest BCUT2D eigenvalue weighted by Gasteiger charge is 2.36. The summed E-state index contributed by atoms with van der Waals surface area (Å²) in [5.74, 6) is -7.89. The van der Waals surface area contributed by atoms with E-state index in [2.05, 4.69) is 47.9 Å². The van der Waals surface area contributed by atoms with Crippen LogP contribution in [0, 0.1) is 0 Å². The van der Waals surface area contributed by atoms with Crippen LogP contribution in [0.3, 0.4) is 0 Å². The highest BCUT2D eigenvalue weighted by atomic mass is 16.4. The molecule has 0 radical (unpaired) electrons. The molecule has 0 aliphatic rings. The van der Waals surface area contributed by atoms with Crippen molar-refractivity contribution in [2.45, 2.75) is 189 Å². The lowest BCUT2D eigenvalue weighted by atomic mass is 10.0. The number of amides is 9. The van der Waals surface area contributed by atoms with Gasteiger partial charge in [-0.3, -0.25) is 43.2 Å². The minimum Gasteiger partial charge on any atom is -0.480 e. The van der Waals surface area contributed by atoms with E-state index in [1.165, 1.54) is 0 Å². The van der Waals surface area contributed by atoms with E-state index in [1.54, 1.807) is 146 Å². The molecule has 101 heavy (non-hydrogen) atoms. The second kappa shape index (κ2) is 46.8. The van der Waals surface area contributed by atoms with Crippen LogP contribution in [0.5, 0.6) is 0 Å². The molecule has 0 heterocycles. The Kier molecular flexibility index (Phi) is 38.1. The van der Waals surface area contributed by atoms with Crippen molar-refractivity contribution in [2.24, 2.45) is 34.4 Å². The monoisotopic (exact) mass is 1390 g/mol. The fourth-order valence-electron chi connectivity index (χ4n) is 11.4. The molecule has 0 aliphatic carbocycles. The average Bonchev–Trinajstić information content (AvgIpc) is 0.858. The number of carbonyl (C=O) groups excluding carboxylic acids is 9. The second-order valence-electron chi connectivity index (χ2n) is 25.4. The van der Waals surface area contributed by atoms with Gasteiger partial charge in [-0.25, -0.2) is 4.79 Å². The molecule has 548 valence electrons. The van der Waals surface area contributed by atoms with Crippen molar-refractivity contribution in [1.29, 1.82) is 0 Å². The number of nitrogens with one attached hydrogen (secondary N) is 9. The number of hydrogen-bond acceptors (Lipinski definition) is 16. The van der Waals surface area contributed by atoms with Gasteiger partial charge in [-0.2, -0.15) is 0 Å². The lowest BCUT2D eigenvalue weighted by molar-refractivity contribution is -0.142. The number of rotatable bonds is 49. The van der Waals surface area contributed by atoms with Gasteiger partial charge in [-0.1, -0.05) is 158 Å². The molecule has 0 aromatic heterocycles. The lowest BCUT2D eigenvalue weighted by Crippen LogP contribution is -2.61. The molecule has 5 rings (SSSR count). The third-order valence-corrected chi connectivity index (χ3v) is 17.2. The van der Waals surface area contributed by atoms with E-state index in [1.807, 2.05) is 6.07 Å². The first-order valence-corrected chi connectivity index (χ1v) is 35.3. The fourth-order valence-corrected chi connectivity index (χ4v) is 11.4. The van der Waals surface area contributed by atoms with Gasteiger partial charge in [0.1, 0.15) is 54.4 Å². The molecule has 9 amide bonds. The summed E-state index contributed by atoms with van der Waals surface area (Å²) < 4.78 is 0. The number of carboxylic acid groups (broad SMARTS) is 1. The second-order valence-corrected chi connectivity index (χ2v) is 25.4. The first-order valence-electron chi connectivity index (χ1n) is 35.3. The van der Waals surface area contributed by atoms with Crippen molar-refractivity contribution in [3.8, 4) is 0 Å². The molecule has 0 fully saturated rings. The molecule has 0 unspecified atom stereocenters. The van der Waals surface area contributed by atoms with Crippen LogP contribution in [0.4, 0.5) is 0 Å². The van der Waals surface area contributed by atoms with Crippen molar-refractivity contribution in [3.05, 3.63) is 179 Å². The van der Waals surface area contributed by atoms with E-state index < -0.39 is 120 Å². The van der Waals surface area contributed by atoms with E-state index in [4.69, 9.17) is 34.4 Å². The molecule has 0 bridgehead atoms. The van der Waals surface area contributed by atoms with Crippen LogP contribution < -0.4 is 82.3 Å². The van der Waals surface area contributed by atoms with Crippen LogP contribution >= 0.6 is 0 Å². The number of hydrogen-bond donors (Lipinski definition) is 16. The SMILES string of the molecule is NCCCC[C@H](NC(=O)[C@H](Cc1ccccc1)NC(=O)[C@H](CCCCN)NC(=O)[C@H](Cc1ccccc1)NC(=O)[C@H](CCCCN)NC(=O)[C@H](Cc1ccccc1)NC(=O)[C@H](CCCCN)NC(=O)[C@H](Cc1ccccc1)NC(=O)[C@@H](N)CCCCN)C(=O)N[C@@H](Cc1ccccc1)C(=O)O. The third kappa shape index (κ3) is 30.9. The smallest absolute Gasteiger partial charge is 0.326 e. The molecule has 0 aliphatic heterocycles. The summed E-state index contributed by atoms with van der Waals surface area (Å²) in [4.78, 5) is 144. The zero-order chi connectivity index (χ0) is 73.2. The molecule has 0 spiro atoms. The van der Waals surface area contributed by atoms with Gasteiger partial charge in [0, 0.05) is 32.1 Å². The van der Waals surface area contributed by atoms with Gasteiger partial charge in [0.2, 0.25) is 53.2 Å². The number of nitrogens with two attached hydrogens (primary N) is 6. The van der Waals surface area contributed by atoms with E-state index in [0.717, 1.165) is 5.56 Å². The van der Waals surface area contributed by atoms with E-state index in [-0.39, 0.29) is 84.0 Å². The van der Waals surface area contributed by atoms with E-state index >= 15 is 14.4 Å². The standard InChI is InChI=1S/C75H107N15O11/c76-41-21-16-36-56(81)66(91)86-61(46-51-26-6-1-7-27-51)71(96)82-57(37-17-22-42-77)67(92)87-62(47-52-28-8-2-9-29-52)72(97)83-58(38-18-23-43-78)68(93)88-63(48-53-30-10-3-11-31-53)73(98)84-59(39-19-24-44-79)69(94)89-64(49-54-32-12-4-13-33-54)74(99)85-60(40-20-25-45-80)70(95)90-65(75(100)101)50-55-34-14-5-15-35-55/h1-15,26-35,56-65H,16-25,36-50,76-81H2,(H,82,96)(H,83,97)(H,84,98)(H,85,99)(H,86,91)(H,87,92)(H,88,93)(H,89,94)(H,90,95)(H,100,101)/t56-,57-,58-,59-,60-,61-,62-,63-,64-,65-/m0/s1. The summed E-state index contributed by atoms with van der Waals surface area (Å²) in [6.07, 6.45) is 4.93. The van der Waals surface area contributed by atoms with Gasteiger partial charge in [0.15, 0.2) is 0 Å². The molecular formula is C75H107N15O11. The Bertz CT molecular complexity index is 3310. The van der Waals surface area contributed by atoms with Crippen molar-refractivity contribution in [3.63, 3.8) is 0 Å². The van der Waals surface area contributed by atoms with Crippen molar-refractivity contribution >= 4 is 59.1 Å². The van der Waals surface area contributed by atoms with Gasteiger partial charge < -0.3 is 87.4 Å². The molecule has 5 aromatic rings. The summed E-state index contributed by atoms with van der Waals surface area (Å²) >= 11 is 0. The maximum absolute atomic E-state index is 15.1. The van der Waals surface area contributed by atoms with Gasteiger partial charge in [0.25, 0.3) is 0 Å². The van der Waals surface area contributed by atoms with Crippen molar-refractivity contribution in [1.82, 2.24) is 47.9 Å². The number of benzene rings is 5. The van der Waals surface area contributed by atoms with E-state index in [9.17, 15) is 38.7 Å². The van der Waals surface area contributed by atoms with Crippen LogP contribution in [0.25, 0.3) is 0 Å². The van der Waals surface area contributed by atoms with Crippen LogP contribution in [-0.4, -0.2) is 157 Å². The summed E-state index contributed by atoms with van der Waals surface area (Å²) in [7, 11) is 0. The van der Waals surface area contributed by atoms with Crippen LogP contribution in [-0.2, 0) is 80.0 Å². The largest absolute Gasteiger partial charge is 0.480 e. The highest BCUT2D eigenvalue weighted by Crippen LogP contribution is 2.15. The van der Waals surface area contributed by atoms with E-state index in [0.29, 0.717) is 99.4 Å². The number of aliphatic carboxylic acids is 1. The highest BCUT2D eigenvalue weighted by molar-refractivity contribution is 5.99. The number of carboxylic acids is 1. The number of carbonyl (C=O) groups is 10. The molecule has 26 nitrogen and oxygen atoms in total. The minimum atomic E-state index is -1.39. The van der Waals surface area contributed by atoms with Crippen LogP contribution in [0.2, 0.25) is 0 Å². The number of unbranched alkanes of at least 4 members (excludes halogenated alkanes) is 5. The van der Waals surface area contributed by atoms with Crippen molar-refractivity contribution < 1.29 is 53.1 Å². The first-order chi connectivity index (χ1) is 48.9. The van der Waals surface area contributed by atoms with Gasteiger partial charge in [0.05, 0.1) is 6.04 Å². The summed E-state index contributed by atoms with van der Waals surface area (Å²) in [6.45, 7) is 1.49. The molecule has 22 N–H and O–H groups in total. The normalized spacial score (nSPS) is 14.1. The molecule has 0 saturated heterocycles. The molecule has 10 atom stereocenters. The maximum atomic E-state index is 15.1. The van der Waals surface area contributed by atoms with Gasteiger partial charge in [-0.15, -0.1) is 0 Å². The summed E-state index contributed by atoms with van der Waals surface area (Å²) in [5.41, 5.74) is 38.9. The Morgan fingerprint density at radius 1 is 0.248 bits per heavy atom. The quantitative estimate of drug-likeness (QED) is 0.0246. The zero-order valence-electron chi connectivity index (χ0n) is 57.9. The minimum absolute atomic E-state index is 0.0295. The molecule has 26 heteroatoms. The Hall–Kier alpha value is -9.44.